The minimum Gasteiger partial charge on any atom is -0.305 e. The Hall–Kier alpha value is -0.860. The maximum absolute atomic E-state index is 5.64. The Kier molecular flexibility index (Phi) is 3.93. The van der Waals surface area contributed by atoms with Crippen LogP contribution >= 0.6 is 11.6 Å². The average Bonchev–Trinajstić information content (AvgIpc) is 2.15. The van der Waals surface area contributed by atoms with Crippen molar-refractivity contribution in [1.82, 2.24) is 10.3 Å². The Balaban J connectivity index is 2.49. The highest BCUT2D eigenvalue weighted by Crippen LogP contribution is 2.10. The number of hydrogen-bond donors (Lipinski definition) is 1. The first-order chi connectivity index (χ1) is 6.20. The first-order valence-electron chi connectivity index (χ1n) is 4.16. The number of halogens is 1. The molecule has 1 atom stereocenters. The number of nitrogens with zero attached hydrogens (tertiary/aromatic N) is 1. The Morgan fingerprint density at radius 1 is 1.77 bits per heavy atom. The van der Waals surface area contributed by atoms with Crippen molar-refractivity contribution in [2.24, 2.45) is 0 Å². The maximum atomic E-state index is 5.64. The standard InChI is InChI=1S/C10H13ClN2/c1-8(11)6-13-9(2)10-4-3-5-12-7-10/h3-5,7,9,13H,1,6H2,2H3. The highest BCUT2D eigenvalue weighted by Gasteiger charge is 2.03. The van der Waals surface area contributed by atoms with Crippen LogP contribution in [-0.2, 0) is 0 Å². The molecular weight excluding hydrogens is 184 g/mol. The summed E-state index contributed by atoms with van der Waals surface area (Å²) < 4.78 is 0. The van der Waals surface area contributed by atoms with Gasteiger partial charge in [-0.3, -0.25) is 4.98 Å². The predicted molar refractivity (Wildman–Crippen MR) is 55.6 cm³/mol. The quantitative estimate of drug-likeness (QED) is 0.801. The third kappa shape index (κ3) is 3.57. The second-order valence-electron chi connectivity index (χ2n) is 2.91. The molecule has 1 aromatic heterocycles. The van der Waals surface area contributed by atoms with E-state index < -0.39 is 0 Å². The second kappa shape index (κ2) is 5.00. The molecule has 1 N–H and O–H groups in total. The van der Waals surface area contributed by atoms with Crippen molar-refractivity contribution >= 4 is 11.6 Å². The van der Waals surface area contributed by atoms with E-state index in [0.717, 1.165) is 5.56 Å². The summed E-state index contributed by atoms with van der Waals surface area (Å²) in [6.07, 6.45) is 3.60. The summed E-state index contributed by atoms with van der Waals surface area (Å²) in [6.45, 7) is 6.30. The molecule has 0 fully saturated rings. The molecule has 1 rings (SSSR count). The molecule has 3 heteroatoms. The first kappa shape index (κ1) is 10.2. The van der Waals surface area contributed by atoms with Crippen LogP contribution in [0.15, 0.2) is 36.1 Å². The van der Waals surface area contributed by atoms with Crippen molar-refractivity contribution in [1.29, 1.82) is 0 Å². The minimum atomic E-state index is 0.254. The predicted octanol–water partition coefficient (Wildman–Crippen LogP) is 2.48. The molecule has 0 bridgehead atoms. The van der Waals surface area contributed by atoms with Crippen LogP contribution in [0.3, 0.4) is 0 Å². The lowest BCUT2D eigenvalue weighted by molar-refractivity contribution is 0.612. The van der Waals surface area contributed by atoms with Crippen LogP contribution in [0.5, 0.6) is 0 Å². The summed E-state index contributed by atoms with van der Waals surface area (Å²) in [7, 11) is 0. The number of hydrogen-bond acceptors (Lipinski definition) is 2. The second-order valence-corrected chi connectivity index (χ2v) is 3.44. The van der Waals surface area contributed by atoms with E-state index >= 15 is 0 Å². The zero-order chi connectivity index (χ0) is 9.68. The van der Waals surface area contributed by atoms with Gasteiger partial charge in [0.25, 0.3) is 0 Å². The topological polar surface area (TPSA) is 24.9 Å². The molecule has 2 nitrogen and oxygen atoms in total. The van der Waals surface area contributed by atoms with Gasteiger partial charge in [-0.25, -0.2) is 0 Å². The van der Waals surface area contributed by atoms with Crippen LogP contribution in [0.25, 0.3) is 0 Å². The zero-order valence-corrected chi connectivity index (χ0v) is 8.38. The maximum Gasteiger partial charge on any atom is 0.0315 e. The monoisotopic (exact) mass is 196 g/mol. The molecule has 1 aromatic rings. The fraction of sp³-hybridized carbons (Fsp3) is 0.300. The van der Waals surface area contributed by atoms with E-state index in [0.29, 0.717) is 11.6 Å². The van der Waals surface area contributed by atoms with Crippen LogP contribution in [0.2, 0.25) is 0 Å². The van der Waals surface area contributed by atoms with Crippen LogP contribution in [-0.4, -0.2) is 11.5 Å². The van der Waals surface area contributed by atoms with E-state index in [1.165, 1.54) is 0 Å². The van der Waals surface area contributed by atoms with Gasteiger partial charge in [0.05, 0.1) is 0 Å². The van der Waals surface area contributed by atoms with Crippen LogP contribution < -0.4 is 5.32 Å². The summed E-state index contributed by atoms with van der Waals surface area (Å²) in [5.41, 5.74) is 1.15. The van der Waals surface area contributed by atoms with Crippen molar-refractivity contribution < 1.29 is 0 Å². The Morgan fingerprint density at radius 3 is 3.08 bits per heavy atom. The molecule has 0 aliphatic heterocycles. The molecule has 0 aliphatic carbocycles. The van der Waals surface area contributed by atoms with Crippen molar-refractivity contribution in [3.05, 3.63) is 41.7 Å². The number of pyridine rings is 1. The molecule has 0 saturated heterocycles. The summed E-state index contributed by atoms with van der Waals surface area (Å²) in [5, 5.41) is 3.85. The Labute approximate surface area is 83.6 Å². The first-order valence-corrected chi connectivity index (χ1v) is 4.54. The van der Waals surface area contributed by atoms with Crippen LogP contribution in [0, 0.1) is 0 Å². The molecule has 0 amide bonds. The van der Waals surface area contributed by atoms with Crippen molar-refractivity contribution in [2.75, 3.05) is 6.54 Å². The van der Waals surface area contributed by atoms with Gasteiger partial charge in [-0.1, -0.05) is 24.2 Å². The van der Waals surface area contributed by atoms with Gasteiger partial charge in [0.1, 0.15) is 0 Å². The van der Waals surface area contributed by atoms with Crippen LogP contribution in [0.1, 0.15) is 18.5 Å². The SMILES string of the molecule is C=C(Cl)CNC(C)c1cccnc1. The Bertz CT molecular complexity index is 272. The highest BCUT2D eigenvalue weighted by atomic mass is 35.5. The van der Waals surface area contributed by atoms with Crippen molar-refractivity contribution in [2.45, 2.75) is 13.0 Å². The molecular formula is C10H13ClN2. The largest absolute Gasteiger partial charge is 0.305 e. The van der Waals surface area contributed by atoms with E-state index in [9.17, 15) is 0 Å². The van der Waals surface area contributed by atoms with Crippen LogP contribution in [0.4, 0.5) is 0 Å². The van der Waals surface area contributed by atoms with E-state index in [1.807, 2.05) is 18.3 Å². The molecule has 1 unspecified atom stereocenters. The molecule has 13 heavy (non-hydrogen) atoms. The lowest BCUT2D eigenvalue weighted by Crippen LogP contribution is -2.19. The van der Waals surface area contributed by atoms with Crippen molar-refractivity contribution in [3.8, 4) is 0 Å². The number of nitrogens with one attached hydrogen (secondary N) is 1. The van der Waals surface area contributed by atoms with Gasteiger partial charge in [-0.15, -0.1) is 0 Å². The summed E-state index contributed by atoms with van der Waals surface area (Å²) >= 11 is 5.64. The molecule has 70 valence electrons. The third-order valence-corrected chi connectivity index (χ3v) is 1.92. The molecule has 0 saturated carbocycles. The van der Waals surface area contributed by atoms with Gasteiger partial charge in [0.2, 0.25) is 0 Å². The Morgan fingerprint density at radius 2 is 2.54 bits per heavy atom. The molecule has 0 aliphatic rings. The number of aromatic nitrogens is 1. The smallest absolute Gasteiger partial charge is 0.0315 e. The molecule has 1 heterocycles. The fourth-order valence-electron chi connectivity index (χ4n) is 1.01. The van der Waals surface area contributed by atoms with E-state index in [2.05, 4.69) is 23.8 Å². The lowest BCUT2D eigenvalue weighted by atomic mass is 10.1. The average molecular weight is 197 g/mol. The highest BCUT2D eigenvalue weighted by molar-refractivity contribution is 6.29. The van der Waals surface area contributed by atoms with E-state index in [4.69, 9.17) is 11.6 Å². The zero-order valence-electron chi connectivity index (χ0n) is 7.63. The summed E-state index contributed by atoms with van der Waals surface area (Å²) in [6, 6.07) is 4.20. The van der Waals surface area contributed by atoms with Gasteiger partial charge in [-0.05, 0) is 18.6 Å². The van der Waals surface area contributed by atoms with E-state index in [1.54, 1.807) is 6.20 Å². The van der Waals surface area contributed by atoms with Gasteiger partial charge in [0, 0.05) is 30.0 Å². The van der Waals surface area contributed by atoms with E-state index in [-0.39, 0.29) is 6.04 Å². The van der Waals surface area contributed by atoms with Gasteiger partial charge in [-0.2, -0.15) is 0 Å². The van der Waals surface area contributed by atoms with Gasteiger partial charge in [0.15, 0.2) is 0 Å². The van der Waals surface area contributed by atoms with Crippen molar-refractivity contribution in [3.63, 3.8) is 0 Å². The van der Waals surface area contributed by atoms with Gasteiger partial charge < -0.3 is 5.32 Å². The lowest BCUT2D eigenvalue weighted by Gasteiger charge is -2.12. The normalized spacial score (nSPS) is 12.5. The summed E-state index contributed by atoms with van der Waals surface area (Å²) in [4.78, 5) is 4.04. The third-order valence-electron chi connectivity index (χ3n) is 1.78. The minimum absolute atomic E-state index is 0.254. The molecule has 0 radical (unpaired) electrons. The summed E-state index contributed by atoms with van der Waals surface area (Å²) in [5.74, 6) is 0. The molecule has 0 aromatic carbocycles. The number of rotatable bonds is 4. The fourth-order valence-corrected chi connectivity index (χ4v) is 1.09. The molecule has 0 spiro atoms. The van der Waals surface area contributed by atoms with Gasteiger partial charge >= 0.3 is 0 Å².